The molecule has 3 aromatic carbocycles. The van der Waals surface area contributed by atoms with Gasteiger partial charge in [-0.05, 0) is 73.5 Å². The molecule has 0 saturated heterocycles. The molecule has 1 amide bonds. The van der Waals surface area contributed by atoms with Crippen LogP contribution >= 0.6 is 11.6 Å². The van der Waals surface area contributed by atoms with E-state index < -0.39 is 22.5 Å². The summed E-state index contributed by atoms with van der Waals surface area (Å²) in [6.07, 6.45) is 0. The number of carbonyl (C=O) groups is 1. The van der Waals surface area contributed by atoms with Gasteiger partial charge in [0, 0.05) is 17.8 Å². The van der Waals surface area contributed by atoms with E-state index >= 15 is 0 Å². The molecule has 0 unspecified atom stereocenters. The molecule has 180 valence electrons. The minimum Gasteiger partial charge on any atom is -0.497 e. The highest BCUT2D eigenvalue weighted by molar-refractivity contribution is 7.93. The molecule has 0 N–H and O–H groups in total. The van der Waals surface area contributed by atoms with Crippen molar-refractivity contribution < 1.29 is 22.7 Å². The van der Waals surface area contributed by atoms with Gasteiger partial charge < -0.3 is 14.4 Å². The monoisotopic (exact) mass is 502 g/mol. The fourth-order valence-electron chi connectivity index (χ4n) is 3.33. The molecule has 0 fully saturated rings. The summed E-state index contributed by atoms with van der Waals surface area (Å²) in [6.45, 7) is 3.16. The zero-order valence-electron chi connectivity index (χ0n) is 19.7. The molecule has 0 spiro atoms. The Kier molecular flexibility index (Phi) is 7.74. The van der Waals surface area contributed by atoms with Crippen LogP contribution in [-0.2, 0) is 14.8 Å². The topological polar surface area (TPSA) is 76.2 Å². The number of methoxy groups -OCH3 is 2. The van der Waals surface area contributed by atoms with Crippen molar-refractivity contribution in [1.82, 2.24) is 0 Å². The van der Waals surface area contributed by atoms with Gasteiger partial charge in [-0.1, -0.05) is 23.7 Å². The number of carbonyl (C=O) groups excluding carboxylic acids is 1. The lowest BCUT2D eigenvalue weighted by Gasteiger charge is -2.27. The molecule has 0 radical (unpaired) electrons. The Morgan fingerprint density at radius 3 is 2.15 bits per heavy atom. The number of likely N-dealkylation sites (N-methyl/N-ethyl adjacent to an activating group) is 1. The first kappa shape index (κ1) is 25.4. The molecule has 0 heterocycles. The van der Waals surface area contributed by atoms with E-state index in [0.29, 0.717) is 16.5 Å². The van der Waals surface area contributed by atoms with Crippen LogP contribution in [0.5, 0.6) is 11.5 Å². The number of hydrogen-bond acceptors (Lipinski definition) is 5. The van der Waals surface area contributed by atoms with Crippen LogP contribution in [0.3, 0.4) is 0 Å². The highest BCUT2D eigenvalue weighted by atomic mass is 35.5. The van der Waals surface area contributed by atoms with Crippen LogP contribution in [0.2, 0.25) is 5.02 Å². The van der Waals surface area contributed by atoms with E-state index in [4.69, 9.17) is 21.1 Å². The Morgan fingerprint density at radius 2 is 1.56 bits per heavy atom. The first-order valence-electron chi connectivity index (χ1n) is 10.4. The second kappa shape index (κ2) is 10.4. The zero-order valence-corrected chi connectivity index (χ0v) is 21.3. The molecule has 0 aliphatic carbocycles. The number of benzene rings is 3. The molecule has 3 rings (SSSR count). The Morgan fingerprint density at radius 1 is 0.912 bits per heavy atom. The Hall–Kier alpha value is -3.23. The van der Waals surface area contributed by atoms with Gasteiger partial charge in [0.2, 0.25) is 5.91 Å². The summed E-state index contributed by atoms with van der Waals surface area (Å²) in [5.41, 5.74) is 2.40. The largest absolute Gasteiger partial charge is 0.497 e. The van der Waals surface area contributed by atoms with Crippen LogP contribution in [0, 0.1) is 13.8 Å². The van der Waals surface area contributed by atoms with Crippen LogP contribution in [0.15, 0.2) is 65.6 Å². The normalized spacial score (nSPS) is 11.1. The van der Waals surface area contributed by atoms with Gasteiger partial charge >= 0.3 is 0 Å². The van der Waals surface area contributed by atoms with E-state index in [1.165, 1.54) is 24.1 Å². The molecule has 3 aromatic rings. The second-order valence-electron chi connectivity index (χ2n) is 7.75. The van der Waals surface area contributed by atoms with Gasteiger partial charge in [0.05, 0.1) is 19.9 Å². The third kappa shape index (κ3) is 5.29. The lowest BCUT2D eigenvalue weighted by Crippen LogP contribution is -2.42. The standard InChI is InChI=1S/C25H27ClN2O5S/c1-17-6-13-23(33-5)24(14-17)34(30,31)28(20-8-7-18(2)22(26)15-20)16-25(29)27(3)19-9-11-21(32-4)12-10-19/h6-15H,16H2,1-5H3. The Balaban J connectivity index is 2.06. The Labute approximate surface area is 205 Å². The predicted octanol–water partition coefficient (Wildman–Crippen LogP) is 4.83. The fourth-order valence-corrected chi connectivity index (χ4v) is 5.16. The maximum Gasteiger partial charge on any atom is 0.268 e. The van der Waals surface area contributed by atoms with Crippen LogP contribution < -0.4 is 18.7 Å². The summed E-state index contributed by atoms with van der Waals surface area (Å²) in [5, 5.41) is 0.393. The molecule has 0 saturated carbocycles. The molecule has 0 bridgehead atoms. The lowest BCUT2D eigenvalue weighted by atomic mass is 10.2. The number of ether oxygens (including phenoxy) is 2. The minimum atomic E-state index is -4.19. The average molecular weight is 503 g/mol. The number of rotatable bonds is 8. The maximum absolute atomic E-state index is 13.9. The molecule has 0 aromatic heterocycles. The van der Waals surface area contributed by atoms with Gasteiger partial charge in [-0.25, -0.2) is 8.42 Å². The number of halogens is 1. The third-order valence-corrected chi connectivity index (χ3v) is 7.65. The number of anilines is 2. The summed E-state index contributed by atoms with van der Waals surface area (Å²) in [4.78, 5) is 14.6. The van der Waals surface area contributed by atoms with Gasteiger partial charge in [0.1, 0.15) is 22.9 Å². The molecular formula is C25H27ClN2O5S. The minimum absolute atomic E-state index is 0.0356. The Bertz CT molecular complexity index is 1290. The van der Waals surface area contributed by atoms with E-state index in [1.807, 2.05) is 6.92 Å². The van der Waals surface area contributed by atoms with E-state index in [1.54, 1.807) is 69.6 Å². The van der Waals surface area contributed by atoms with Gasteiger partial charge in [-0.3, -0.25) is 9.10 Å². The summed E-state index contributed by atoms with van der Waals surface area (Å²) in [5.74, 6) is 0.400. The molecule has 0 aliphatic heterocycles. The van der Waals surface area contributed by atoms with Gasteiger partial charge in [-0.15, -0.1) is 0 Å². The first-order chi connectivity index (χ1) is 16.1. The van der Waals surface area contributed by atoms with Crippen molar-refractivity contribution in [3.05, 3.63) is 76.8 Å². The molecule has 34 heavy (non-hydrogen) atoms. The van der Waals surface area contributed by atoms with Crippen LogP contribution in [0.25, 0.3) is 0 Å². The summed E-state index contributed by atoms with van der Waals surface area (Å²) in [7, 11) is 0.356. The van der Waals surface area contributed by atoms with Crippen molar-refractivity contribution in [3.8, 4) is 11.5 Å². The average Bonchev–Trinajstić information content (AvgIpc) is 2.83. The molecular weight excluding hydrogens is 476 g/mol. The van der Waals surface area contributed by atoms with Gasteiger partial charge in [-0.2, -0.15) is 0 Å². The van der Waals surface area contributed by atoms with Crippen LogP contribution in [-0.4, -0.2) is 42.1 Å². The quantitative estimate of drug-likeness (QED) is 0.441. The highest BCUT2D eigenvalue weighted by Crippen LogP contribution is 2.33. The van der Waals surface area contributed by atoms with E-state index in [0.717, 1.165) is 15.4 Å². The summed E-state index contributed by atoms with van der Waals surface area (Å²) >= 11 is 6.31. The number of aryl methyl sites for hydroxylation is 2. The maximum atomic E-state index is 13.9. The van der Waals surface area contributed by atoms with Crippen molar-refractivity contribution in [2.45, 2.75) is 18.7 Å². The fraction of sp³-hybridized carbons (Fsp3) is 0.240. The lowest BCUT2D eigenvalue weighted by molar-refractivity contribution is -0.116. The molecule has 0 atom stereocenters. The van der Waals surface area contributed by atoms with E-state index in [2.05, 4.69) is 0 Å². The van der Waals surface area contributed by atoms with Crippen LogP contribution in [0.1, 0.15) is 11.1 Å². The number of nitrogens with zero attached hydrogens (tertiary/aromatic N) is 2. The highest BCUT2D eigenvalue weighted by Gasteiger charge is 2.31. The van der Waals surface area contributed by atoms with Crippen molar-refractivity contribution in [2.24, 2.45) is 0 Å². The summed E-state index contributed by atoms with van der Waals surface area (Å²) < 4.78 is 39.2. The van der Waals surface area contributed by atoms with Crippen LogP contribution in [0.4, 0.5) is 11.4 Å². The SMILES string of the molecule is COc1ccc(N(C)C(=O)CN(c2ccc(C)c(Cl)c2)S(=O)(=O)c2cc(C)ccc2OC)cc1. The van der Waals surface area contributed by atoms with Gasteiger partial charge in [0.25, 0.3) is 10.0 Å². The van der Waals surface area contributed by atoms with Crippen molar-refractivity contribution in [2.75, 3.05) is 37.0 Å². The number of sulfonamides is 1. The smallest absolute Gasteiger partial charge is 0.268 e. The summed E-state index contributed by atoms with van der Waals surface area (Å²) in [6, 6.07) is 16.7. The van der Waals surface area contributed by atoms with E-state index in [9.17, 15) is 13.2 Å². The zero-order chi connectivity index (χ0) is 25.0. The van der Waals surface area contributed by atoms with E-state index in [-0.39, 0.29) is 16.3 Å². The predicted molar refractivity (Wildman–Crippen MR) is 135 cm³/mol. The van der Waals surface area contributed by atoms with Crippen molar-refractivity contribution in [1.29, 1.82) is 0 Å². The second-order valence-corrected chi connectivity index (χ2v) is 9.99. The third-order valence-electron chi connectivity index (χ3n) is 5.44. The van der Waals surface area contributed by atoms with Crippen molar-refractivity contribution >= 4 is 38.9 Å². The van der Waals surface area contributed by atoms with Crippen molar-refractivity contribution in [3.63, 3.8) is 0 Å². The first-order valence-corrected chi connectivity index (χ1v) is 12.2. The van der Waals surface area contributed by atoms with Gasteiger partial charge in [0.15, 0.2) is 0 Å². The molecule has 0 aliphatic rings. The molecule has 9 heteroatoms. The number of hydrogen-bond donors (Lipinski definition) is 0. The number of amides is 1. The molecule has 7 nitrogen and oxygen atoms in total.